The zero-order valence-corrected chi connectivity index (χ0v) is 27.8. The van der Waals surface area contributed by atoms with Crippen LogP contribution in [0.2, 0.25) is 0 Å². The molecule has 0 aliphatic rings. The van der Waals surface area contributed by atoms with Crippen molar-refractivity contribution in [2.24, 2.45) is 34.8 Å². The highest BCUT2D eigenvalue weighted by atomic mass is 35.5. The highest BCUT2D eigenvalue weighted by Gasteiger charge is 2.37. The summed E-state index contributed by atoms with van der Waals surface area (Å²) in [5, 5.41) is 23.7. The van der Waals surface area contributed by atoms with Crippen molar-refractivity contribution >= 4 is 24.3 Å². The molecule has 10 heteroatoms. The number of aliphatic hydroxyl groups is 1. The fourth-order valence-electron chi connectivity index (χ4n) is 5.13. The van der Waals surface area contributed by atoms with Gasteiger partial charge in [0, 0.05) is 38.6 Å². The summed E-state index contributed by atoms with van der Waals surface area (Å²) in [5.74, 6) is 0.217. The van der Waals surface area contributed by atoms with E-state index < -0.39 is 29.4 Å². The molecule has 1 rings (SSSR count). The Kier molecular flexibility index (Phi) is 19.0. The number of carboxylic acids is 1. The molecule has 1 aromatic rings. The molecular weight excluding hydrogens is 560 g/mol. The van der Waals surface area contributed by atoms with Crippen molar-refractivity contribution < 1.29 is 34.0 Å². The lowest BCUT2D eigenvalue weighted by atomic mass is 9.80. The van der Waals surface area contributed by atoms with Gasteiger partial charge in [-0.1, -0.05) is 47.6 Å². The zero-order chi connectivity index (χ0) is 31.2. The van der Waals surface area contributed by atoms with Crippen LogP contribution in [-0.2, 0) is 20.7 Å². The number of hydrogen-bond acceptors (Lipinski definition) is 7. The Morgan fingerprint density at radius 1 is 1.00 bits per heavy atom. The second-order valence-electron chi connectivity index (χ2n) is 12.0. The Morgan fingerprint density at radius 3 is 2.14 bits per heavy atom. The zero-order valence-electron chi connectivity index (χ0n) is 27.0. The minimum atomic E-state index is -0.993. The number of halogens is 1. The first-order chi connectivity index (χ1) is 19.3. The predicted molar refractivity (Wildman–Crippen MR) is 169 cm³/mol. The molecular formula is C32H57ClN2O7. The van der Waals surface area contributed by atoms with E-state index >= 15 is 0 Å². The first-order valence-corrected chi connectivity index (χ1v) is 15.1. The van der Waals surface area contributed by atoms with Crippen LogP contribution >= 0.6 is 12.4 Å². The van der Waals surface area contributed by atoms with E-state index in [1.54, 1.807) is 14.2 Å². The van der Waals surface area contributed by atoms with Crippen LogP contribution in [0.3, 0.4) is 0 Å². The topological polar surface area (TPSA) is 140 Å². The summed E-state index contributed by atoms with van der Waals surface area (Å²) >= 11 is 0. The largest absolute Gasteiger partial charge is 0.493 e. The summed E-state index contributed by atoms with van der Waals surface area (Å²) in [6.45, 7) is 13.0. The van der Waals surface area contributed by atoms with Gasteiger partial charge in [-0.3, -0.25) is 9.59 Å². The van der Waals surface area contributed by atoms with E-state index in [0.29, 0.717) is 49.9 Å². The van der Waals surface area contributed by atoms with Crippen LogP contribution in [0.5, 0.6) is 11.5 Å². The maximum absolute atomic E-state index is 13.1. The number of carbonyl (C=O) groups excluding carboxylic acids is 1. The Bertz CT molecular complexity index is 924. The molecule has 0 radical (unpaired) electrons. The number of amides is 1. The van der Waals surface area contributed by atoms with Crippen molar-refractivity contribution in [3.05, 3.63) is 23.8 Å². The third kappa shape index (κ3) is 12.3. The van der Waals surface area contributed by atoms with Gasteiger partial charge in [0.25, 0.3) is 0 Å². The molecule has 0 saturated carbocycles. The van der Waals surface area contributed by atoms with Crippen molar-refractivity contribution in [3.8, 4) is 11.5 Å². The Hall–Kier alpha value is -2.07. The third-order valence-electron chi connectivity index (χ3n) is 8.53. The molecule has 0 fully saturated rings. The van der Waals surface area contributed by atoms with Crippen LogP contribution in [0.25, 0.3) is 0 Å². The van der Waals surface area contributed by atoms with Gasteiger partial charge in [-0.2, -0.15) is 0 Å². The lowest BCUT2D eigenvalue weighted by Gasteiger charge is -2.31. The molecule has 0 aromatic heterocycles. The van der Waals surface area contributed by atoms with Crippen molar-refractivity contribution in [2.45, 2.75) is 92.2 Å². The van der Waals surface area contributed by atoms with Gasteiger partial charge >= 0.3 is 5.97 Å². The van der Waals surface area contributed by atoms with E-state index in [0.717, 1.165) is 18.4 Å². The average molecular weight is 617 g/mol. The first-order valence-electron chi connectivity index (χ1n) is 15.1. The van der Waals surface area contributed by atoms with Gasteiger partial charge in [-0.25, -0.2) is 0 Å². The molecule has 0 unspecified atom stereocenters. The first kappa shape index (κ1) is 39.9. The second-order valence-corrected chi connectivity index (χ2v) is 12.0. The van der Waals surface area contributed by atoms with Crippen molar-refractivity contribution in [1.82, 2.24) is 5.32 Å². The minimum absolute atomic E-state index is 0. The molecule has 4 atom stereocenters. The van der Waals surface area contributed by atoms with Gasteiger partial charge in [0.2, 0.25) is 5.91 Å². The number of carbonyl (C=O) groups is 2. The van der Waals surface area contributed by atoms with Crippen molar-refractivity contribution in [2.75, 3.05) is 34.0 Å². The Balaban J connectivity index is 0.0000168. The second kappa shape index (κ2) is 20.0. The van der Waals surface area contributed by atoms with Crippen LogP contribution in [0.15, 0.2) is 18.2 Å². The third-order valence-corrected chi connectivity index (χ3v) is 8.53. The number of aliphatic hydroxyl groups excluding tert-OH is 1. The lowest BCUT2D eigenvalue weighted by Crippen LogP contribution is -2.46. The van der Waals surface area contributed by atoms with E-state index in [-0.39, 0.29) is 43.1 Å². The lowest BCUT2D eigenvalue weighted by molar-refractivity contribution is -0.149. The van der Waals surface area contributed by atoms with Crippen LogP contribution in [0, 0.1) is 29.1 Å². The highest BCUT2D eigenvalue weighted by Crippen LogP contribution is 2.32. The number of nitrogens with two attached hydrogens (primary N) is 1. The van der Waals surface area contributed by atoms with Gasteiger partial charge in [-0.05, 0) is 67.6 Å². The smallest absolute Gasteiger partial charge is 0.311 e. The number of rotatable bonds is 21. The molecule has 1 aromatic carbocycles. The van der Waals surface area contributed by atoms with E-state index in [1.165, 1.54) is 0 Å². The number of nitrogens with one attached hydrogen (secondary N) is 1. The van der Waals surface area contributed by atoms with E-state index in [4.69, 9.17) is 19.9 Å². The number of benzene rings is 1. The monoisotopic (exact) mass is 616 g/mol. The molecule has 0 bridgehead atoms. The molecule has 0 aliphatic heterocycles. The number of hydrogen-bond donors (Lipinski definition) is 4. The summed E-state index contributed by atoms with van der Waals surface area (Å²) in [5.41, 5.74) is 6.64. The van der Waals surface area contributed by atoms with Crippen LogP contribution in [-0.4, -0.2) is 68.2 Å². The molecule has 9 nitrogen and oxygen atoms in total. The fourth-order valence-corrected chi connectivity index (χ4v) is 5.13. The number of methoxy groups -OCH3 is 2. The average Bonchev–Trinajstić information content (AvgIpc) is 2.93. The summed E-state index contributed by atoms with van der Waals surface area (Å²) in [6.07, 6.45) is 2.32. The minimum Gasteiger partial charge on any atom is -0.493 e. The van der Waals surface area contributed by atoms with Crippen LogP contribution in [0.1, 0.15) is 79.2 Å². The van der Waals surface area contributed by atoms with Gasteiger partial charge < -0.3 is 35.5 Å². The maximum atomic E-state index is 13.1. The normalized spacial score (nSPS) is 14.6. The van der Waals surface area contributed by atoms with Gasteiger partial charge in [0.1, 0.15) is 0 Å². The van der Waals surface area contributed by atoms with Gasteiger partial charge in [0.05, 0.1) is 25.2 Å². The summed E-state index contributed by atoms with van der Waals surface area (Å²) < 4.78 is 16.5. The molecule has 42 heavy (non-hydrogen) atoms. The molecule has 244 valence electrons. The Labute approximate surface area is 259 Å². The van der Waals surface area contributed by atoms with E-state index in [9.17, 15) is 19.8 Å². The highest BCUT2D eigenvalue weighted by molar-refractivity contribution is 5.85. The molecule has 0 spiro atoms. The Morgan fingerprint density at radius 2 is 1.64 bits per heavy atom. The summed E-state index contributed by atoms with van der Waals surface area (Å²) in [7, 11) is 3.28. The van der Waals surface area contributed by atoms with Crippen LogP contribution < -0.4 is 20.5 Å². The molecule has 5 N–H and O–H groups in total. The van der Waals surface area contributed by atoms with E-state index in [2.05, 4.69) is 19.2 Å². The maximum Gasteiger partial charge on any atom is 0.311 e. The van der Waals surface area contributed by atoms with Crippen molar-refractivity contribution in [1.29, 1.82) is 0 Å². The number of carboxylic acid groups (broad SMARTS) is 1. The SMILES string of the molecule is CCC(CC)(CNC(=O)[C@@H](C[C@H](O)[C@@H](N)C[C@H](Cc1ccc(OC)c(OCCCOC)c1)C(C)C)C(C)C)C(=O)O.Cl. The molecule has 0 heterocycles. The quantitative estimate of drug-likeness (QED) is 0.140. The van der Waals surface area contributed by atoms with Gasteiger partial charge in [-0.15, -0.1) is 12.4 Å². The molecule has 1 amide bonds. The van der Waals surface area contributed by atoms with Crippen LogP contribution in [0.4, 0.5) is 0 Å². The van der Waals surface area contributed by atoms with Crippen molar-refractivity contribution in [3.63, 3.8) is 0 Å². The summed E-state index contributed by atoms with van der Waals surface area (Å²) in [6, 6.07) is 5.44. The molecule has 0 aliphatic carbocycles. The fraction of sp³-hybridized carbons (Fsp3) is 0.750. The standard InChI is InChI=1S/C32H56N2O7.ClH/c1-9-32(10-2,31(37)38)20-34-30(36)25(22(5)6)19-27(35)26(33)18-24(21(3)4)16-23-12-13-28(40-8)29(17-23)41-15-11-14-39-7;/h12-13,17,21-22,24-27,35H,9-11,14-16,18-20,33H2,1-8H3,(H,34,36)(H,37,38);1H/t24-,25-,26-,27-;/m0./s1. The van der Waals surface area contributed by atoms with Gasteiger partial charge in [0.15, 0.2) is 11.5 Å². The van der Waals surface area contributed by atoms with E-state index in [1.807, 2.05) is 45.9 Å². The summed E-state index contributed by atoms with van der Waals surface area (Å²) in [4.78, 5) is 25.0. The number of aliphatic carboxylic acids is 1. The molecule has 0 saturated heterocycles. The number of ether oxygens (including phenoxy) is 3. The predicted octanol–water partition coefficient (Wildman–Crippen LogP) is 5.09.